The SMILES string of the molecule is Cc1ccc(C)c(NS(=O)(=O)c2c(-c3nnc(C)o3)c(C)n(C)c2C)c1. The van der Waals surface area contributed by atoms with Gasteiger partial charge < -0.3 is 8.98 Å². The summed E-state index contributed by atoms with van der Waals surface area (Å²) in [5, 5.41) is 7.86. The highest BCUT2D eigenvalue weighted by molar-refractivity contribution is 7.93. The molecule has 0 bridgehead atoms. The van der Waals surface area contributed by atoms with Crippen molar-refractivity contribution >= 4 is 15.7 Å². The molecule has 8 heteroatoms. The van der Waals surface area contributed by atoms with Crippen LogP contribution in [0.4, 0.5) is 5.69 Å². The third kappa shape index (κ3) is 3.01. The second-order valence-electron chi connectivity index (χ2n) is 6.48. The molecule has 0 aliphatic rings. The van der Waals surface area contributed by atoms with Gasteiger partial charge in [0.05, 0.1) is 11.3 Å². The predicted octanol–water partition coefficient (Wildman–Crippen LogP) is 3.42. The molecule has 1 aromatic carbocycles. The molecular formula is C18H22N4O3S. The van der Waals surface area contributed by atoms with Gasteiger partial charge in [-0.05, 0) is 44.9 Å². The first-order chi connectivity index (χ1) is 12.1. The van der Waals surface area contributed by atoms with Crippen molar-refractivity contribution in [2.75, 3.05) is 4.72 Å². The van der Waals surface area contributed by atoms with E-state index in [1.807, 2.05) is 50.6 Å². The van der Waals surface area contributed by atoms with Gasteiger partial charge in [0.1, 0.15) is 4.90 Å². The van der Waals surface area contributed by atoms with Gasteiger partial charge in [-0.1, -0.05) is 12.1 Å². The molecule has 0 saturated carbocycles. The third-order valence-electron chi connectivity index (χ3n) is 4.57. The standard InChI is InChI=1S/C18H22N4O3S/c1-10-7-8-11(2)15(9-10)21-26(23,24)17-13(4)22(6)12(3)16(17)18-20-19-14(5)25-18/h7-9,21H,1-6H3. The highest BCUT2D eigenvalue weighted by atomic mass is 32.2. The van der Waals surface area contributed by atoms with Crippen LogP contribution < -0.4 is 4.72 Å². The maximum Gasteiger partial charge on any atom is 0.264 e. The summed E-state index contributed by atoms with van der Waals surface area (Å²) in [7, 11) is -2.04. The Labute approximate surface area is 153 Å². The van der Waals surface area contributed by atoms with E-state index in [-0.39, 0.29) is 10.8 Å². The Morgan fingerprint density at radius 1 is 1.04 bits per heavy atom. The fourth-order valence-corrected chi connectivity index (χ4v) is 4.58. The van der Waals surface area contributed by atoms with Gasteiger partial charge in [-0.2, -0.15) is 0 Å². The van der Waals surface area contributed by atoms with Gasteiger partial charge in [-0.3, -0.25) is 4.72 Å². The van der Waals surface area contributed by atoms with Crippen molar-refractivity contribution in [3.05, 3.63) is 46.6 Å². The van der Waals surface area contributed by atoms with Crippen LogP contribution in [0.5, 0.6) is 0 Å². The molecule has 0 radical (unpaired) electrons. The second-order valence-corrected chi connectivity index (χ2v) is 8.10. The lowest BCUT2D eigenvalue weighted by Gasteiger charge is -2.12. The minimum atomic E-state index is -3.85. The van der Waals surface area contributed by atoms with Crippen molar-refractivity contribution in [1.82, 2.24) is 14.8 Å². The molecule has 2 aromatic heterocycles. The van der Waals surface area contributed by atoms with Gasteiger partial charge in [-0.15, -0.1) is 10.2 Å². The third-order valence-corrected chi connectivity index (χ3v) is 6.10. The molecule has 0 aliphatic carbocycles. The smallest absolute Gasteiger partial charge is 0.264 e. The zero-order chi connectivity index (χ0) is 19.2. The number of nitrogens with one attached hydrogen (secondary N) is 1. The molecule has 2 heterocycles. The Morgan fingerprint density at radius 3 is 2.35 bits per heavy atom. The monoisotopic (exact) mass is 374 g/mol. The largest absolute Gasteiger partial charge is 0.421 e. The number of hydrogen-bond donors (Lipinski definition) is 1. The van der Waals surface area contributed by atoms with Crippen molar-refractivity contribution in [3.63, 3.8) is 0 Å². The lowest BCUT2D eigenvalue weighted by molar-refractivity contribution is 0.530. The first-order valence-electron chi connectivity index (χ1n) is 8.18. The van der Waals surface area contributed by atoms with Gasteiger partial charge in [0, 0.05) is 25.4 Å². The minimum Gasteiger partial charge on any atom is -0.421 e. The van der Waals surface area contributed by atoms with Crippen molar-refractivity contribution in [1.29, 1.82) is 0 Å². The first kappa shape index (κ1) is 18.2. The van der Waals surface area contributed by atoms with E-state index >= 15 is 0 Å². The number of anilines is 1. The van der Waals surface area contributed by atoms with Crippen LogP contribution in [0, 0.1) is 34.6 Å². The number of aryl methyl sites for hydroxylation is 3. The Balaban J connectivity index is 2.19. The summed E-state index contributed by atoms with van der Waals surface area (Å²) in [5.74, 6) is 0.580. The summed E-state index contributed by atoms with van der Waals surface area (Å²) in [6.07, 6.45) is 0. The van der Waals surface area contributed by atoms with Crippen LogP contribution in [0.2, 0.25) is 0 Å². The Hall–Kier alpha value is -2.61. The van der Waals surface area contributed by atoms with Crippen LogP contribution in [-0.4, -0.2) is 23.2 Å². The van der Waals surface area contributed by atoms with Crippen LogP contribution in [0.3, 0.4) is 0 Å². The molecule has 0 fully saturated rings. The Bertz CT molecular complexity index is 1090. The number of nitrogens with zero attached hydrogens (tertiary/aromatic N) is 3. The van der Waals surface area contributed by atoms with Crippen LogP contribution in [0.15, 0.2) is 27.5 Å². The van der Waals surface area contributed by atoms with Crippen LogP contribution >= 0.6 is 0 Å². The van der Waals surface area contributed by atoms with E-state index in [0.29, 0.717) is 22.8 Å². The number of sulfonamides is 1. The molecule has 1 N–H and O–H groups in total. The van der Waals surface area contributed by atoms with Gasteiger partial charge in [0.15, 0.2) is 0 Å². The van der Waals surface area contributed by atoms with Crippen LogP contribution in [0.1, 0.15) is 28.4 Å². The molecule has 26 heavy (non-hydrogen) atoms. The quantitative estimate of drug-likeness (QED) is 0.756. The lowest BCUT2D eigenvalue weighted by atomic mass is 10.1. The highest BCUT2D eigenvalue weighted by Gasteiger charge is 2.30. The zero-order valence-electron chi connectivity index (χ0n) is 15.7. The van der Waals surface area contributed by atoms with Gasteiger partial charge in [0.2, 0.25) is 5.89 Å². The van der Waals surface area contributed by atoms with Crippen molar-refractivity contribution in [2.24, 2.45) is 7.05 Å². The average molecular weight is 374 g/mol. The molecule has 0 spiro atoms. The molecule has 0 amide bonds. The van der Waals surface area contributed by atoms with Crippen molar-refractivity contribution < 1.29 is 12.8 Å². The molecular weight excluding hydrogens is 352 g/mol. The summed E-state index contributed by atoms with van der Waals surface area (Å²) in [6, 6.07) is 5.64. The van der Waals surface area contributed by atoms with E-state index in [4.69, 9.17) is 4.42 Å². The number of benzene rings is 1. The predicted molar refractivity (Wildman–Crippen MR) is 99.6 cm³/mol. The minimum absolute atomic E-state index is 0.155. The van der Waals surface area contributed by atoms with E-state index in [1.54, 1.807) is 13.8 Å². The number of rotatable bonds is 4. The molecule has 0 unspecified atom stereocenters. The van der Waals surface area contributed by atoms with E-state index in [9.17, 15) is 8.42 Å². The fourth-order valence-electron chi connectivity index (χ4n) is 2.94. The lowest BCUT2D eigenvalue weighted by Crippen LogP contribution is -2.15. The van der Waals surface area contributed by atoms with E-state index in [1.165, 1.54) is 0 Å². The Morgan fingerprint density at radius 2 is 1.73 bits per heavy atom. The number of hydrogen-bond acceptors (Lipinski definition) is 5. The maximum absolute atomic E-state index is 13.2. The van der Waals surface area contributed by atoms with Crippen molar-refractivity contribution in [3.8, 4) is 11.5 Å². The van der Waals surface area contributed by atoms with E-state index in [0.717, 1.165) is 16.8 Å². The molecule has 0 aliphatic heterocycles. The molecule has 138 valence electrons. The summed E-state index contributed by atoms with van der Waals surface area (Å²) < 4.78 is 36.5. The summed E-state index contributed by atoms with van der Waals surface area (Å²) in [6.45, 7) is 9.05. The molecule has 0 atom stereocenters. The van der Waals surface area contributed by atoms with Crippen LogP contribution in [0.25, 0.3) is 11.5 Å². The van der Waals surface area contributed by atoms with E-state index in [2.05, 4.69) is 14.9 Å². The van der Waals surface area contributed by atoms with Gasteiger partial charge in [0.25, 0.3) is 15.9 Å². The van der Waals surface area contributed by atoms with Crippen molar-refractivity contribution in [2.45, 2.75) is 39.5 Å². The topological polar surface area (TPSA) is 90.0 Å². The van der Waals surface area contributed by atoms with Gasteiger partial charge in [-0.25, -0.2) is 8.42 Å². The first-order valence-corrected chi connectivity index (χ1v) is 9.66. The average Bonchev–Trinajstić information content (AvgIpc) is 3.08. The van der Waals surface area contributed by atoms with Crippen LogP contribution in [-0.2, 0) is 17.1 Å². The molecule has 7 nitrogen and oxygen atoms in total. The zero-order valence-corrected chi connectivity index (χ0v) is 16.5. The summed E-state index contributed by atoms with van der Waals surface area (Å²) >= 11 is 0. The highest BCUT2D eigenvalue weighted by Crippen LogP contribution is 2.35. The molecule has 3 aromatic rings. The summed E-state index contributed by atoms with van der Waals surface area (Å²) in [4.78, 5) is 0.155. The molecule has 0 saturated heterocycles. The number of aromatic nitrogens is 3. The normalized spacial score (nSPS) is 11.8. The maximum atomic E-state index is 13.2. The summed E-state index contributed by atoms with van der Waals surface area (Å²) in [5.41, 5.74) is 4.15. The molecule has 3 rings (SSSR count). The van der Waals surface area contributed by atoms with E-state index < -0.39 is 10.0 Å². The van der Waals surface area contributed by atoms with Gasteiger partial charge >= 0.3 is 0 Å². The fraction of sp³-hybridized carbons (Fsp3) is 0.333. The Kier molecular flexibility index (Phi) is 4.39. The second kappa shape index (κ2) is 6.28.